The number of hydrogen-bond acceptors (Lipinski definition) is 4. The van der Waals surface area contributed by atoms with E-state index in [9.17, 15) is 4.79 Å². The van der Waals surface area contributed by atoms with Gasteiger partial charge in [-0.3, -0.25) is 9.78 Å². The summed E-state index contributed by atoms with van der Waals surface area (Å²) in [6.45, 7) is 0.762. The number of rotatable bonds is 2. The van der Waals surface area contributed by atoms with Crippen molar-refractivity contribution >= 4 is 11.6 Å². The molecule has 3 rings (SSSR count). The summed E-state index contributed by atoms with van der Waals surface area (Å²) in [6.07, 6.45) is 6.46. The molecule has 0 bridgehead atoms. The van der Waals surface area contributed by atoms with E-state index < -0.39 is 0 Å². The smallest absolute Gasteiger partial charge is 0.275 e. The zero-order valence-electron chi connectivity index (χ0n) is 10.3. The lowest BCUT2D eigenvalue weighted by molar-refractivity contribution is 0.102. The van der Waals surface area contributed by atoms with Crippen molar-refractivity contribution in [2.24, 2.45) is 0 Å². The van der Waals surface area contributed by atoms with E-state index in [-0.39, 0.29) is 5.91 Å². The zero-order chi connectivity index (χ0) is 13.1. The first-order chi connectivity index (χ1) is 9.33. The van der Waals surface area contributed by atoms with E-state index in [1.165, 1.54) is 18.6 Å². The van der Waals surface area contributed by atoms with Gasteiger partial charge in [-0.2, -0.15) is 0 Å². The van der Waals surface area contributed by atoms with Gasteiger partial charge in [0.1, 0.15) is 11.4 Å². The molecule has 0 aliphatic carbocycles. The number of hydrogen-bond donors (Lipinski definition) is 1. The first kappa shape index (κ1) is 11.6. The van der Waals surface area contributed by atoms with Gasteiger partial charge in [-0.1, -0.05) is 0 Å². The van der Waals surface area contributed by atoms with Gasteiger partial charge in [0.2, 0.25) is 0 Å². The quantitative estimate of drug-likeness (QED) is 0.892. The van der Waals surface area contributed by atoms with Crippen LogP contribution in [0.3, 0.4) is 0 Å². The Morgan fingerprint density at radius 2 is 2.26 bits per heavy atom. The molecule has 0 spiro atoms. The molecule has 1 N–H and O–H groups in total. The zero-order valence-corrected chi connectivity index (χ0v) is 10.3. The number of carbonyl (C=O) groups excluding carboxylic acids is 1. The Balaban J connectivity index is 1.78. The van der Waals surface area contributed by atoms with E-state index in [0.717, 1.165) is 36.4 Å². The predicted octanol–water partition coefficient (Wildman–Crippen LogP) is 2.05. The highest BCUT2D eigenvalue weighted by molar-refractivity contribution is 6.02. The molecule has 1 aliphatic rings. The van der Waals surface area contributed by atoms with Crippen LogP contribution in [0.15, 0.2) is 36.8 Å². The highest BCUT2D eigenvalue weighted by Crippen LogP contribution is 2.27. The van der Waals surface area contributed by atoms with Crippen molar-refractivity contribution in [1.29, 1.82) is 0 Å². The van der Waals surface area contributed by atoms with Gasteiger partial charge in [-0.15, -0.1) is 0 Å². The number of fused-ring (bicyclic) bond motifs is 1. The Morgan fingerprint density at radius 3 is 3.11 bits per heavy atom. The minimum atomic E-state index is -0.259. The first-order valence-electron chi connectivity index (χ1n) is 6.16. The molecular weight excluding hydrogens is 242 g/mol. The van der Waals surface area contributed by atoms with Crippen molar-refractivity contribution in [3.05, 3.63) is 48.0 Å². The molecular formula is C14H13N3O2. The minimum absolute atomic E-state index is 0.259. The SMILES string of the molecule is O=C(Nc1ccc2c(c1)CCCO2)c1cnccn1. The Labute approximate surface area is 110 Å². The maximum atomic E-state index is 11.9. The molecule has 0 saturated carbocycles. The van der Waals surface area contributed by atoms with Gasteiger partial charge in [0.15, 0.2) is 0 Å². The van der Waals surface area contributed by atoms with Crippen LogP contribution in [0.4, 0.5) is 5.69 Å². The van der Waals surface area contributed by atoms with E-state index in [1.807, 2.05) is 18.2 Å². The van der Waals surface area contributed by atoms with Crippen LogP contribution in [0.25, 0.3) is 0 Å². The van der Waals surface area contributed by atoms with E-state index in [1.54, 1.807) is 0 Å². The number of carbonyl (C=O) groups is 1. The van der Waals surface area contributed by atoms with Crippen LogP contribution in [0.1, 0.15) is 22.5 Å². The third-order valence-electron chi connectivity index (χ3n) is 2.96. The number of nitrogens with one attached hydrogen (secondary N) is 1. The summed E-state index contributed by atoms with van der Waals surface area (Å²) in [5.41, 5.74) is 2.18. The maximum absolute atomic E-state index is 11.9. The number of amides is 1. The third kappa shape index (κ3) is 2.54. The first-order valence-corrected chi connectivity index (χ1v) is 6.16. The number of aryl methyl sites for hydroxylation is 1. The second-order valence-corrected chi connectivity index (χ2v) is 4.32. The van der Waals surface area contributed by atoms with Gasteiger partial charge < -0.3 is 10.1 Å². The lowest BCUT2D eigenvalue weighted by Crippen LogP contribution is -2.15. The van der Waals surface area contributed by atoms with Gasteiger partial charge in [-0.05, 0) is 36.6 Å². The number of benzene rings is 1. The molecule has 5 heteroatoms. The molecule has 0 radical (unpaired) electrons. The topological polar surface area (TPSA) is 64.1 Å². The van der Waals surface area contributed by atoms with Crippen LogP contribution in [-0.4, -0.2) is 22.5 Å². The molecule has 0 fully saturated rings. The summed E-state index contributed by atoms with van der Waals surface area (Å²) >= 11 is 0. The normalized spacial score (nSPS) is 13.3. The van der Waals surface area contributed by atoms with Gasteiger partial charge in [0.05, 0.1) is 12.8 Å². The summed E-state index contributed by atoms with van der Waals surface area (Å²) in [5.74, 6) is 0.647. The van der Waals surface area contributed by atoms with E-state index >= 15 is 0 Å². The summed E-state index contributed by atoms with van der Waals surface area (Å²) in [6, 6.07) is 5.67. The second-order valence-electron chi connectivity index (χ2n) is 4.32. The number of ether oxygens (including phenoxy) is 1. The van der Waals surface area contributed by atoms with Crippen LogP contribution < -0.4 is 10.1 Å². The second kappa shape index (κ2) is 5.06. The predicted molar refractivity (Wildman–Crippen MR) is 70.2 cm³/mol. The molecule has 19 heavy (non-hydrogen) atoms. The number of nitrogens with zero attached hydrogens (tertiary/aromatic N) is 2. The summed E-state index contributed by atoms with van der Waals surface area (Å²) < 4.78 is 5.53. The highest BCUT2D eigenvalue weighted by Gasteiger charge is 2.12. The number of anilines is 1. The molecule has 2 aromatic rings. The maximum Gasteiger partial charge on any atom is 0.275 e. The molecule has 1 aromatic heterocycles. The minimum Gasteiger partial charge on any atom is -0.493 e. The molecule has 96 valence electrons. The lowest BCUT2D eigenvalue weighted by atomic mass is 10.1. The summed E-state index contributed by atoms with van der Waals surface area (Å²) in [4.78, 5) is 19.8. The van der Waals surface area contributed by atoms with Crippen molar-refractivity contribution in [3.8, 4) is 5.75 Å². The van der Waals surface area contributed by atoms with Gasteiger partial charge in [0, 0.05) is 18.1 Å². The van der Waals surface area contributed by atoms with E-state index in [4.69, 9.17) is 4.74 Å². The largest absolute Gasteiger partial charge is 0.493 e. The molecule has 1 amide bonds. The fraction of sp³-hybridized carbons (Fsp3) is 0.214. The van der Waals surface area contributed by atoms with Crippen LogP contribution >= 0.6 is 0 Å². The van der Waals surface area contributed by atoms with Crippen LogP contribution in [0.5, 0.6) is 5.75 Å². The molecule has 5 nitrogen and oxygen atoms in total. The number of aromatic nitrogens is 2. The Morgan fingerprint density at radius 1 is 1.32 bits per heavy atom. The fourth-order valence-electron chi connectivity index (χ4n) is 2.05. The summed E-state index contributed by atoms with van der Waals surface area (Å²) in [7, 11) is 0. The lowest BCUT2D eigenvalue weighted by Gasteiger charge is -2.17. The standard InChI is InChI=1S/C14H13N3O2/c18-14(12-9-15-5-6-16-12)17-11-3-4-13-10(8-11)2-1-7-19-13/h3-6,8-9H,1-2,7H2,(H,17,18). The van der Waals surface area contributed by atoms with Crippen molar-refractivity contribution in [2.75, 3.05) is 11.9 Å². The molecule has 0 atom stereocenters. The molecule has 0 unspecified atom stereocenters. The van der Waals surface area contributed by atoms with E-state index in [2.05, 4.69) is 15.3 Å². The Bertz CT molecular complexity index is 599. The molecule has 1 aromatic carbocycles. The highest BCUT2D eigenvalue weighted by atomic mass is 16.5. The van der Waals surface area contributed by atoms with Gasteiger partial charge in [0.25, 0.3) is 5.91 Å². The van der Waals surface area contributed by atoms with Crippen LogP contribution in [0, 0.1) is 0 Å². The Hall–Kier alpha value is -2.43. The third-order valence-corrected chi connectivity index (χ3v) is 2.96. The van der Waals surface area contributed by atoms with Gasteiger partial charge in [-0.25, -0.2) is 4.98 Å². The van der Waals surface area contributed by atoms with Crippen LogP contribution in [-0.2, 0) is 6.42 Å². The van der Waals surface area contributed by atoms with Crippen molar-refractivity contribution in [2.45, 2.75) is 12.8 Å². The average molecular weight is 255 g/mol. The fourth-order valence-corrected chi connectivity index (χ4v) is 2.05. The molecule has 0 saturated heterocycles. The molecule has 2 heterocycles. The monoisotopic (exact) mass is 255 g/mol. The van der Waals surface area contributed by atoms with Crippen molar-refractivity contribution < 1.29 is 9.53 Å². The van der Waals surface area contributed by atoms with E-state index in [0.29, 0.717) is 5.69 Å². The van der Waals surface area contributed by atoms with Gasteiger partial charge >= 0.3 is 0 Å². The molecule has 1 aliphatic heterocycles. The van der Waals surface area contributed by atoms with Crippen LogP contribution in [0.2, 0.25) is 0 Å². The summed E-state index contributed by atoms with van der Waals surface area (Å²) in [5, 5.41) is 2.81. The average Bonchev–Trinajstić information content (AvgIpc) is 2.48. The Kier molecular flexibility index (Phi) is 3.10. The van der Waals surface area contributed by atoms with Crippen molar-refractivity contribution in [3.63, 3.8) is 0 Å². The van der Waals surface area contributed by atoms with Crippen molar-refractivity contribution in [1.82, 2.24) is 9.97 Å².